The van der Waals surface area contributed by atoms with Crippen molar-refractivity contribution in [1.82, 2.24) is 19.7 Å². The molecule has 0 aliphatic heterocycles. The highest BCUT2D eigenvalue weighted by atomic mass is 32.2. The number of rotatable bonds is 8. The second-order valence-electron chi connectivity index (χ2n) is 4.50. The van der Waals surface area contributed by atoms with E-state index in [4.69, 9.17) is 4.74 Å². The Bertz CT molecular complexity index is 555. The average molecular weight is 318 g/mol. The maximum atomic E-state index is 12.2. The van der Waals surface area contributed by atoms with Gasteiger partial charge in [0.2, 0.25) is 9.84 Å². The molecule has 0 saturated heterocycles. The Morgan fingerprint density at radius 2 is 2.14 bits per heavy atom. The van der Waals surface area contributed by atoms with Gasteiger partial charge in [-0.2, -0.15) is 4.68 Å². The van der Waals surface area contributed by atoms with Gasteiger partial charge < -0.3 is 9.64 Å². The number of aromatic nitrogens is 3. The highest BCUT2D eigenvalue weighted by Crippen LogP contribution is 2.05. The zero-order valence-electron chi connectivity index (χ0n) is 12.7. The molecular formula is C12H22N4O4S. The lowest BCUT2D eigenvalue weighted by Gasteiger charge is -2.19. The summed E-state index contributed by atoms with van der Waals surface area (Å²) in [4.78, 5) is 17.5. The zero-order chi connectivity index (χ0) is 15.9. The number of ether oxygens (including phenoxy) is 1. The number of amides is 1. The van der Waals surface area contributed by atoms with Crippen molar-refractivity contribution in [2.75, 3.05) is 32.6 Å². The van der Waals surface area contributed by atoms with Crippen molar-refractivity contribution >= 4 is 15.9 Å². The van der Waals surface area contributed by atoms with Crippen LogP contribution in [0.4, 0.5) is 4.79 Å². The molecule has 0 fully saturated rings. The average Bonchev–Trinajstić information content (AvgIpc) is 2.96. The minimum atomic E-state index is -3.62. The molecule has 1 rings (SSSR count). The number of carbonyl (C=O) groups is 1. The zero-order valence-corrected chi connectivity index (χ0v) is 13.5. The standard InChI is InChI=1S/C12H22N4O4S/c1-4-6-7-15(5-2)12(17)16-10-13-11(14-16)21(18,19)9-8-20-3/h10H,4-9H2,1-3H3. The molecule has 0 radical (unpaired) electrons. The first-order chi connectivity index (χ1) is 9.96. The fraction of sp³-hybridized carbons (Fsp3) is 0.750. The van der Waals surface area contributed by atoms with Crippen LogP contribution >= 0.6 is 0 Å². The molecule has 21 heavy (non-hydrogen) atoms. The molecule has 120 valence electrons. The van der Waals surface area contributed by atoms with Gasteiger partial charge in [0.25, 0.3) is 5.16 Å². The molecule has 1 heterocycles. The van der Waals surface area contributed by atoms with Crippen LogP contribution in [0.2, 0.25) is 0 Å². The van der Waals surface area contributed by atoms with Gasteiger partial charge in [-0.25, -0.2) is 18.2 Å². The molecular weight excluding hydrogens is 296 g/mol. The summed E-state index contributed by atoms with van der Waals surface area (Å²) in [5, 5.41) is 3.43. The Morgan fingerprint density at radius 1 is 1.43 bits per heavy atom. The molecule has 0 saturated carbocycles. The first-order valence-corrected chi connectivity index (χ1v) is 8.54. The number of hydrogen-bond donors (Lipinski definition) is 0. The van der Waals surface area contributed by atoms with Crippen LogP contribution in [-0.2, 0) is 14.6 Å². The lowest BCUT2D eigenvalue weighted by Crippen LogP contribution is -2.35. The van der Waals surface area contributed by atoms with Gasteiger partial charge in [-0.15, -0.1) is 5.10 Å². The van der Waals surface area contributed by atoms with Crippen molar-refractivity contribution in [3.63, 3.8) is 0 Å². The molecule has 1 aromatic rings. The summed E-state index contributed by atoms with van der Waals surface area (Å²) >= 11 is 0. The van der Waals surface area contributed by atoms with Crippen LogP contribution in [-0.4, -0.2) is 66.7 Å². The van der Waals surface area contributed by atoms with Crippen LogP contribution in [0.1, 0.15) is 26.7 Å². The van der Waals surface area contributed by atoms with Gasteiger partial charge in [0.05, 0.1) is 12.4 Å². The van der Waals surface area contributed by atoms with E-state index in [1.54, 1.807) is 4.90 Å². The summed E-state index contributed by atoms with van der Waals surface area (Å²) in [6, 6.07) is -0.369. The number of hydrogen-bond acceptors (Lipinski definition) is 6. The van der Waals surface area contributed by atoms with Crippen LogP contribution in [0.3, 0.4) is 0 Å². The van der Waals surface area contributed by atoms with Crippen molar-refractivity contribution in [3.05, 3.63) is 6.33 Å². The van der Waals surface area contributed by atoms with Crippen molar-refractivity contribution in [1.29, 1.82) is 0 Å². The predicted octanol–water partition coefficient (Wildman–Crippen LogP) is 0.788. The van der Waals surface area contributed by atoms with Crippen molar-refractivity contribution < 1.29 is 17.9 Å². The molecule has 0 aliphatic rings. The summed E-state index contributed by atoms with van der Waals surface area (Å²) in [6.45, 7) is 5.10. The SMILES string of the molecule is CCCCN(CC)C(=O)n1cnc(S(=O)(=O)CCOC)n1. The topological polar surface area (TPSA) is 94.4 Å². The third kappa shape index (κ3) is 4.78. The van der Waals surface area contributed by atoms with E-state index in [1.807, 2.05) is 13.8 Å². The summed E-state index contributed by atoms with van der Waals surface area (Å²) in [6.07, 6.45) is 2.99. The molecule has 9 heteroatoms. The third-order valence-corrected chi connectivity index (χ3v) is 4.38. The van der Waals surface area contributed by atoms with Crippen molar-refractivity contribution in [2.24, 2.45) is 0 Å². The second kappa shape index (κ2) is 8.08. The quantitative estimate of drug-likeness (QED) is 0.703. The van der Waals surface area contributed by atoms with Gasteiger partial charge in [-0.05, 0) is 13.3 Å². The monoisotopic (exact) mass is 318 g/mol. The van der Waals surface area contributed by atoms with Crippen LogP contribution in [0.25, 0.3) is 0 Å². The lowest BCUT2D eigenvalue weighted by molar-refractivity contribution is 0.197. The number of methoxy groups -OCH3 is 1. The molecule has 0 bridgehead atoms. The number of unbranched alkanes of at least 4 members (excludes halogenated alkanes) is 1. The van der Waals surface area contributed by atoms with Crippen molar-refractivity contribution in [3.8, 4) is 0 Å². The molecule has 0 unspecified atom stereocenters. The Hall–Kier alpha value is -1.48. The van der Waals surface area contributed by atoms with E-state index in [0.717, 1.165) is 23.9 Å². The molecule has 0 spiro atoms. The van der Waals surface area contributed by atoms with Crippen LogP contribution in [0.5, 0.6) is 0 Å². The Morgan fingerprint density at radius 3 is 2.71 bits per heavy atom. The van der Waals surface area contributed by atoms with E-state index < -0.39 is 9.84 Å². The van der Waals surface area contributed by atoms with Gasteiger partial charge in [0.1, 0.15) is 6.33 Å². The molecule has 0 aromatic carbocycles. The molecule has 1 aromatic heterocycles. The minimum absolute atomic E-state index is 0.0579. The van der Waals surface area contributed by atoms with E-state index in [0.29, 0.717) is 13.1 Å². The Labute approximate surface area is 125 Å². The van der Waals surface area contributed by atoms with Gasteiger partial charge in [0, 0.05) is 20.2 Å². The highest BCUT2D eigenvalue weighted by molar-refractivity contribution is 7.91. The first-order valence-electron chi connectivity index (χ1n) is 6.88. The second-order valence-corrected chi connectivity index (χ2v) is 6.50. The highest BCUT2D eigenvalue weighted by Gasteiger charge is 2.22. The van der Waals surface area contributed by atoms with E-state index >= 15 is 0 Å². The fourth-order valence-electron chi connectivity index (χ4n) is 1.65. The van der Waals surface area contributed by atoms with Gasteiger partial charge in [0.15, 0.2) is 0 Å². The van der Waals surface area contributed by atoms with Gasteiger partial charge >= 0.3 is 6.03 Å². The van der Waals surface area contributed by atoms with Crippen LogP contribution in [0.15, 0.2) is 11.5 Å². The van der Waals surface area contributed by atoms with Gasteiger partial charge in [-0.3, -0.25) is 0 Å². The molecule has 1 amide bonds. The molecule has 8 nitrogen and oxygen atoms in total. The molecule has 0 aliphatic carbocycles. The Balaban J connectivity index is 2.84. The van der Waals surface area contributed by atoms with E-state index in [2.05, 4.69) is 10.1 Å². The largest absolute Gasteiger partial charge is 0.384 e. The predicted molar refractivity (Wildman–Crippen MR) is 76.9 cm³/mol. The first kappa shape index (κ1) is 17.6. The van der Waals surface area contributed by atoms with Crippen molar-refractivity contribution in [2.45, 2.75) is 31.8 Å². The maximum absolute atomic E-state index is 12.2. The third-order valence-electron chi connectivity index (χ3n) is 2.93. The Kier molecular flexibility index (Phi) is 6.76. The summed E-state index contributed by atoms with van der Waals surface area (Å²) < 4.78 is 29.5. The number of sulfone groups is 1. The summed E-state index contributed by atoms with van der Waals surface area (Å²) in [5.74, 6) is -0.213. The van der Waals surface area contributed by atoms with E-state index in [1.165, 1.54) is 7.11 Å². The number of nitrogens with zero attached hydrogens (tertiary/aromatic N) is 4. The maximum Gasteiger partial charge on any atom is 0.346 e. The van der Waals surface area contributed by atoms with Gasteiger partial charge in [-0.1, -0.05) is 13.3 Å². The smallest absolute Gasteiger partial charge is 0.346 e. The van der Waals surface area contributed by atoms with E-state index in [-0.39, 0.29) is 23.5 Å². The van der Waals surface area contributed by atoms with Crippen LogP contribution in [0, 0.1) is 0 Å². The van der Waals surface area contributed by atoms with Crippen LogP contribution < -0.4 is 0 Å². The normalized spacial score (nSPS) is 11.6. The lowest BCUT2D eigenvalue weighted by atomic mass is 10.3. The fourth-order valence-corrected chi connectivity index (χ4v) is 2.64. The summed E-state index contributed by atoms with van der Waals surface area (Å²) in [5.41, 5.74) is 0. The number of carbonyl (C=O) groups excluding carboxylic acids is 1. The summed E-state index contributed by atoms with van der Waals surface area (Å²) in [7, 11) is -2.21. The minimum Gasteiger partial charge on any atom is -0.384 e. The molecule has 0 N–H and O–H groups in total. The molecule has 0 atom stereocenters. The van der Waals surface area contributed by atoms with E-state index in [9.17, 15) is 13.2 Å².